The van der Waals surface area contributed by atoms with Gasteiger partial charge in [0.2, 0.25) is 0 Å². The van der Waals surface area contributed by atoms with Crippen molar-refractivity contribution in [2.24, 2.45) is 0 Å². The molecular weight excluding hydrogens is 269 g/mol. The summed E-state index contributed by atoms with van der Waals surface area (Å²) in [4.78, 5) is 23.5. The van der Waals surface area contributed by atoms with E-state index < -0.39 is 18.3 Å². The Morgan fingerprint density at radius 2 is 1.43 bits per heavy atom. The van der Waals surface area contributed by atoms with Crippen LogP contribution in [0.4, 0.5) is 0 Å². The quantitative estimate of drug-likeness (QED) is 0.622. The van der Waals surface area contributed by atoms with Crippen LogP contribution in [-0.4, -0.2) is 30.1 Å². The lowest BCUT2D eigenvalue weighted by atomic mass is 9.75. The van der Waals surface area contributed by atoms with Gasteiger partial charge in [-0.05, 0) is 52.2 Å². The fraction of sp³-hybridized carbons (Fsp3) is 0.467. The standard InChI is InChI=1S/C15H18BNO4/c1-8-6-9-10(13(19)17-12(9)18)7-11(8)16-20-14(2,3)15(4,5)21-16/h6-7H,1-5H3,(H,17,18,19). The molecule has 0 aromatic heterocycles. The first kappa shape index (κ1) is 14.3. The Morgan fingerprint density at radius 3 is 1.95 bits per heavy atom. The number of hydrogen-bond donors (Lipinski definition) is 1. The molecule has 0 atom stereocenters. The van der Waals surface area contributed by atoms with E-state index in [2.05, 4.69) is 5.32 Å². The second kappa shape index (κ2) is 4.18. The Morgan fingerprint density at radius 1 is 0.952 bits per heavy atom. The minimum Gasteiger partial charge on any atom is -0.399 e. The minimum absolute atomic E-state index is 0.349. The summed E-state index contributed by atoms with van der Waals surface area (Å²) in [6, 6.07) is 3.42. The van der Waals surface area contributed by atoms with E-state index in [0.717, 1.165) is 11.0 Å². The Kier molecular flexibility index (Phi) is 2.84. The summed E-state index contributed by atoms with van der Waals surface area (Å²) in [6.45, 7) is 9.80. The van der Waals surface area contributed by atoms with E-state index >= 15 is 0 Å². The highest BCUT2D eigenvalue weighted by atomic mass is 16.7. The summed E-state index contributed by atoms with van der Waals surface area (Å²) in [7, 11) is -0.538. The van der Waals surface area contributed by atoms with Crippen molar-refractivity contribution in [3.8, 4) is 0 Å². The molecule has 3 rings (SSSR count). The van der Waals surface area contributed by atoms with Gasteiger partial charge in [-0.2, -0.15) is 0 Å². The number of nitrogens with one attached hydrogen (secondary N) is 1. The second-order valence-corrected chi connectivity index (χ2v) is 6.63. The lowest BCUT2D eigenvalue weighted by Crippen LogP contribution is -2.41. The molecule has 1 fully saturated rings. The van der Waals surface area contributed by atoms with Crippen LogP contribution >= 0.6 is 0 Å². The third-order valence-electron chi connectivity index (χ3n) is 4.63. The molecule has 0 spiro atoms. The van der Waals surface area contributed by atoms with Crippen molar-refractivity contribution in [2.75, 3.05) is 0 Å². The molecule has 0 saturated carbocycles. The topological polar surface area (TPSA) is 64.6 Å². The van der Waals surface area contributed by atoms with E-state index in [0.29, 0.717) is 11.1 Å². The first-order chi connectivity index (χ1) is 9.62. The molecule has 0 radical (unpaired) electrons. The lowest BCUT2D eigenvalue weighted by molar-refractivity contribution is 0.00578. The number of carbonyl (C=O) groups excluding carboxylic acids is 2. The maximum absolute atomic E-state index is 11.8. The summed E-state index contributed by atoms with van der Waals surface area (Å²) in [5.74, 6) is -0.716. The van der Waals surface area contributed by atoms with Gasteiger partial charge in [0.1, 0.15) is 0 Å². The van der Waals surface area contributed by atoms with E-state index in [1.165, 1.54) is 0 Å². The Labute approximate surface area is 124 Å². The van der Waals surface area contributed by atoms with Crippen molar-refractivity contribution in [1.29, 1.82) is 0 Å². The average molecular weight is 287 g/mol. The van der Waals surface area contributed by atoms with Crippen LogP contribution in [0.5, 0.6) is 0 Å². The van der Waals surface area contributed by atoms with E-state index in [9.17, 15) is 9.59 Å². The van der Waals surface area contributed by atoms with Crippen molar-refractivity contribution in [2.45, 2.75) is 45.8 Å². The molecule has 21 heavy (non-hydrogen) atoms. The molecular formula is C15H18BNO4. The number of hydrogen-bond acceptors (Lipinski definition) is 4. The van der Waals surface area contributed by atoms with Crippen molar-refractivity contribution >= 4 is 24.4 Å². The molecule has 2 aliphatic rings. The number of imide groups is 1. The van der Waals surface area contributed by atoms with Gasteiger partial charge in [0, 0.05) is 0 Å². The van der Waals surface area contributed by atoms with Crippen molar-refractivity contribution in [3.05, 3.63) is 28.8 Å². The molecule has 5 nitrogen and oxygen atoms in total. The minimum atomic E-state index is -0.538. The van der Waals surface area contributed by atoms with E-state index in [1.807, 2.05) is 34.6 Å². The van der Waals surface area contributed by atoms with Crippen LogP contribution in [0.3, 0.4) is 0 Å². The first-order valence-corrected chi connectivity index (χ1v) is 6.98. The summed E-state index contributed by atoms with van der Waals surface area (Å²) in [5.41, 5.74) is 1.57. The molecule has 6 heteroatoms. The van der Waals surface area contributed by atoms with Crippen LogP contribution in [0.2, 0.25) is 0 Å². The highest BCUT2D eigenvalue weighted by molar-refractivity contribution is 6.62. The molecule has 0 aliphatic carbocycles. The maximum Gasteiger partial charge on any atom is 0.495 e. The van der Waals surface area contributed by atoms with Gasteiger partial charge in [0.05, 0.1) is 22.3 Å². The summed E-state index contributed by atoms with van der Waals surface area (Å²) in [5, 5.41) is 2.30. The van der Waals surface area contributed by atoms with Crippen molar-refractivity contribution < 1.29 is 18.9 Å². The van der Waals surface area contributed by atoms with Crippen LogP contribution in [0.1, 0.15) is 54.0 Å². The molecule has 0 bridgehead atoms. The second-order valence-electron chi connectivity index (χ2n) is 6.63. The Hall–Kier alpha value is -1.66. The number of carbonyl (C=O) groups is 2. The zero-order valence-corrected chi connectivity index (χ0v) is 12.9. The van der Waals surface area contributed by atoms with Crippen LogP contribution in [-0.2, 0) is 9.31 Å². The monoisotopic (exact) mass is 287 g/mol. The fourth-order valence-corrected chi connectivity index (χ4v) is 2.56. The maximum atomic E-state index is 11.8. The molecule has 1 aromatic carbocycles. The van der Waals surface area contributed by atoms with Crippen LogP contribution in [0, 0.1) is 6.92 Å². The molecule has 0 unspecified atom stereocenters. The third kappa shape index (κ3) is 2.01. The van der Waals surface area contributed by atoms with E-state index in [4.69, 9.17) is 9.31 Å². The number of fused-ring (bicyclic) bond motifs is 1. The van der Waals surface area contributed by atoms with Crippen LogP contribution in [0.15, 0.2) is 12.1 Å². The number of rotatable bonds is 1. The smallest absolute Gasteiger partial charge is 0.399 e. The first-order valence-electron chi connectivity index (χ1n) is 6.98. The van der Waals surface area contributed by atoms with Crippen molar-refractivity contribution in [3.63, 3.8) is 0 Å². The largest absolute Gasteiger partial charge is 0.495 e. The summed E-state index contributed by atoms with van der Waals surface area (Å²) >= 11 is 0. The Bertz CT molecular complexity index is 650. The van der Waals surface area contributed by atoms with E-state index in [1.54, 1.807) is 12.1 Å². The molecule has 110 valence electrons. The predicted molar refractivity (Wildman–Crippen MR) is 78.7 cm³/mol. The summed E-state index contributed by atoms with van der Waals surface area (Å²) in [6.07, 6.45) is 0. The predicted octanol–water partition coefficient (Wildman–Crippen LogP) is 1.18. The fourth-order valence-electron chi connectivity index (χ4n) is 2.56. The molecule has 1 aromatic rings. The Balaban J connectivity index is 2.04. The van der Waals surface area contributed by atoms with Gasteiger partial charge in [0.15, 0.2) is 0 Å². The zero-order chi connectivity index (χ0) is 15.6. The highest BCUT2D eigenvalue weighted by Crippen LogP contribution is 2.36. The number of amides is 2. The molecule has 2 heterocycles. The van der Waals surface area contributed by atoms with Gasteiger partial charge in [-0.3, -0.25) is 14.9 Å². The van der Waals surface area contributed by atoms with Gasteiger partial charge in [-0.1, -0.05) is 5.56 Å². The van der Waals surface area contributed by atoms with Gasteiger partial charge < -0.3 is 9.31 Å². The van der Waals surface area contributed by atoms with Crippen molar-refractivity contribution in [1.82, 2.24) is 5.32 Å². The molecule has 2 amide bonds. The van der Waals surface area contributed by atoms with Gasteiger partial charge >= 0.3 is 7.12 Å². The third-order valence-corrected chi connectivity index (χ3v) is 4.63. The lowest BCUT2D eigenvalue weighted by Gasteiger charge is -2.32. The summed E-state index contributed by atoms with van der Waals surface area (Å²) < 4.78 is 12.0. The SMILES string of the molecule is Cc1cc2c(cc1B1OC(C)(C)C(C)(C)O1)C(=O)NC2=O. The zero-order valence-electron chi connectivity index (χ0n) is 12.9. The number of benzene rings is 1. The molecule has 2 aliphatic heterocycles. The number of aryl methyl sites for hydroxylation is 1. The van der Waals surface area contributed by atoms with Gasteiger partial charge in [0.25, 0.3) is 11.8 Å². The highest BCUT2D eigenvalue weighted by Gasteiger charge is 2.52. The van der Waals surface area contributed by atoms with Gasteiger partial charge in [-0.25, -0.2) is 0 Å². The van der Waals surface area contributed by atoms with Crippen LogP contribution < -0.4 is 10.8 Å². The molecule has 1 N–H and O–H groups in total. The average Bonchev–Trinajstić information content (AvgIpc) is 2.73. The normalized spacial score (nSPS) is 22.4. The molecule has 1 saturated heterocycles. The van der Waals surface area contributed by atoms with Crippen LogP contribution in [0.25, 0.3) is 0 Å². The van der Waals surface area contributed by atoms with E-state index in [-0.39, 0.29) is 11.8 Å². The van der Waals surface area contributed by atoms with Gasteiger partial charge in [-0.15, -0.1) is 0 Å².